The molecule has 0 atom stereocenters. The van der Waals surface area contributed by atoms with Crippen LogP contribution in [0, 0.1) is 0 Å². The predicted molar refractivity (Wildman–Crippen MR) is 85.8 cm³/mol. The van der Waals surface area contributed by atoms with E-state index in [1.807, 2.05) is 12.3 Å². The van der Waals surface area contributed by atoms with Crippen LogP contribution in [0.3, 0.4) is 0 Å². The Morgan fingerprint density at radius 1 is 1.45 bits per heavy atom. The normalized spacial score (nSPS) is 10.4. The smallest absolute Gasteiger partial charge is 0.321 e. The van der Waals surface area contributed by atoms with Crippen molar-refractivity contribution >= 4 is 35.1 Å². The summed E-state index contributed by atoms with van der Waals surface area (Å²) in [5.41, 5.74) is 0.703. The van der Waals surface area contributed by atoms with Crippen LogP contribution in [0.1, 0.15) is 19.8 Å². The van der Waals surface area contributed by atoms with Gasteiger partial charge in [0.2, 0.25) is 0 Å². The van der Waals surface area contributed by atoms with E-state index < -0.39 is 0 Å². The Morgan fingerprint density at radius 2 is 2.20 bits per heavy atom. The van der Waals surface area contributed by atoms with Crippen molar-refractivity contribution in [3.05, 3.63) is 23.2 Å². The SMILES string of the molecule is CCCCN(CCO)C(=O)Nc1cc(Cl)ccc1SC. The average Bonchev–Trinajstić information content (AvgIpc) is 2.43. The van der Waals surface area contributed by atoms with E-state index in [0.717, 1.165) is 17.7 Å². The van der Waals surface area contributed by atoms with Gasteiger partial charge in [-0.15, -0.1) is 11.8 Å². The standard InChI is InChI=1S/C14H21ClN2O2S/c1-3-4-7-17(8-9-18)14(19)16-12-10-11(15)5-6-13(12)20-2/h5-6,10,18H,3-4,7-9H2,1-2H3,(H,16,19). The Morgan fingerprint density at radius 3 is 2.80 bits per heavy atom. The summed E-state index contributed by atoms with van der Waals surface area (Å²) in [6.45, 7) is 3.00. The van der Waals surface area contributed by atoms with E-state index in [1.165, 1.54) is 0 Å². The summed E-state index contributed by atoms with van der Waals surface area (Å²) in [7, 11) is 0. The molecule has 0 aliphatic carbocycles. The predicted octanol–water partition coefficient (Wildman–Crippen LogP) is 3.69. The van der Waals surface area contributed by atoms with Gasteiger partial charge < -0.3 is 15.3 Å². The fourth-order valence-electron chi connectivity index (χ4n) is 1.76. The first-order valence-electron chi connectivity index (χ1n) is 6.62. The number of thioether (sulfide) groups is 1. The number of hydrogen-bond donors (Lipinski definition) is 2. The Bertz CT molecular complexity index is 443. The number of urea groups is 1. The lowest BCUT2D eigenvalue weighted by Crippen LogP contribution is -2.37. The number of aliphatic hydroxyl groups is 1. The van der Waals surface area contributed by atoms with E-state index in [-0.39, 0.29) is 12.6 Å². The minimum absolute atomic E-state index is 0.0396. The Balaban J connectivity index is 2.78. The second-order valence-corrected chi connectivity index (χ2v) is 5.62. The van der Waals surface area contributed by atoms with Crippen LogP contribution in [0.5, 0.6) is 0 Å². The molecule has 2 amide bonds. The third-order valence-corrected chi connectivity index (χ3v) is 3.87. The van der Waals surface area contributed by atoms with Crippen molar-refractivity contribution in [3.63, 3.8) is 0 Å². The lowest BCUT2D eigenvalue weighted by atomic mass is 10.3. The van der Waals surface area contributed by atoms with E-state index in [0.29, 0.717) is 23.8 Å². The molecule has 0 radical (unpaired) electrons. The number of hydrogen-bond acceptors (Lipinski definition) is 3. The molecule has 0 saturated carbocycles. The fourth-order valence-corrected chi connectivity index (χ4v) is 2.46. The maximum absolute atomic E-state index is 12.2. The van der Waals surface area contributed by atoms with Crippen molar-refractivity contribution in [1.29, 1.82) is 0 Å². The molecule has 112 valence electrons. The van der Waals surface area contributed by atoms with E-state index in [1.54, 1.807) is 28.8 Å². The van der Waals surface area contributed by atoms with Gasteiger partial charge in [0.05, 0.1) is 12.3 Å². The highest BCUT2D eigenvalue weighted by molar-refractivity contribution is 7.98. The molecule has 0 aromatic heterocycles. The summed E-state index contributed by atoms with van der Waals surface area (Å²) < 4.78 is 0. The molecule has 0 aliphatic rings. The number of unbranched alkanes of at least 4 members (excludes halogenated alkanes) is 1. The van der Waals surface area contributed by atoms with Gasteiger partial charge in [0, 0.05) is 23.0 Å². The van der Waals surface area contributed by atoms with Crippen molar-refractivity contribution < 1.29 is 9.90 Å². The first-order chi connectivity index (χ1) is 9.62. The highest BCUT2D eigenvalue weighted by atomic mass is 35.5. The van der Waals surface area contributed by atoms with Crippen LogP contribution in [0.2, 0.25) is 5.02 Å². The van der Waals surface area contributed by atoms with Gasteiger partial charge in [0.25, 0.3) is 0 Å². The molecule has 0 unspecified atom stereocenters. The molecule has 0 fully saturated rings. The van der Waals surface area contributed by atoms with Crippen LogP contribution in [0.25, 0.3) is 0 Å². The van der Waals surface area contributed by atoms with Gasteiger partial charge in [-0.05, 0) is 30.9 Å². The van der Waals surface area contributed by atoms with Crippen LogP contribution < -0.4 is 5.32 Å². The molecule has 0 heterocycles. The van der Waals surface area contributed by atoms with Crippen molar-refractivity contribution in [2.24, 2.45) is 0 Å². The topological polar surface area (TPSA) is 52.6 Å². The van der Waals surface area contributed by atoms with Gasteiger partial charge in [-0.25, -0.2) is 4.79 Å². The maximum atomic E-state index is 12.2. The van der Waals surface area contributed by atoms with Crippen molar-refractivity contribution in [3.8, 4) is 0 Å². The maximum Gasteiger partial charge on any atom is 0.321 e. The number of nitrogens with zero attached hydrogens (tertiary/aromatic N) is 1. The van der Waals surface area contributed by atoms with Crippen LogP contribution in [0.4, 0.5) is 10.5 Å². The number of rotatable bonds is 7. The summed E-state index contributed by atoms with van der Waals surface area (Å²) in [5.74, 6) is 0. The van der Waals surface area contributed by atoms with E-state index in [9.17, 15) is 4.79 Å². The second kappa shape index (κ2) is 9.10. The van der Waals surface area contributed by atoms with Crippen molar-refractivity contribution in [1.82, 2.24) is 4.90 Å². The highest BCUT2D eigenvalue weighted by Crippen LogP contribution is 2.28. The third-order valence-electron chi connectivity index (χ3n) is 2.84. The number of nitrogens with one attached hydrogen (secondary N) is 1. The molecule has 6 heteroatoms. The van der Waals surface area contributed by atoms with Gasteiger partial charge >= 0.3 is 6.03 Å². The molecule has 0 saturated heterocycles. The monoisotopic (exact) mass is 316 g/mol. The Hall–Kier alpha value is -0.910. The summed E-state index contributed by atoms with van der Waals surface area (Å²) in [4.78, 5) is 14.8. The van der Waals surface area contributed by atoms with Crippen LogP contribution in [0.15, 0.2) is 23.1 Å². The van der Waals surface area contributed by atoms with Crippen LogP contribution >= 0.6 is 23.4 Å². The lowest BCUT2D eigenvalue weighted by molar-refractivity contribution is 0.187. The first kappa shape index (κ1) is 17.1. The summed E-state index contributed by atoms with van der Waals surface area (Å²) >= 11 is 7.52. The number of aliphatic hydroxyl groups excluding tert-OH is 1. The third kappa shape index (κ3) is 5.23. The number of halogens is 1. The number of amides is 2. The van der Waals surface area contributed by atoms with Crippen molar-refractivity contribution in [2.75, 3.05) is 31.3 Å². The Labute approximate surface area is 129 Å². The minimum atomic E-state index is -0.204. The van der Waals surface area contributed by atoms with Gasteiger partial charge in [-0.3, -0.25) is 0 Å². The lowest BCUT2D eigenvalue weighted by Gasteiger charge is -2.22. The Kier molecular flexibility index (Phi) is 7.80. The molecule has 20 heavy (non-hydrogen) atoms. The minimum Gasteiger partial charge on any atom is -0.395 e. The van der Waals surface area contributed by atoms with E-state index >= 15 is 0 Å². The van der Waals surface area contributed by atoms with Crippen LogP contribution in [-0.2, 0) is 0 Å². The molecule has 1 rings (SSSR count). The summed E-state index contributed by atoms with van der Waals surface area (Å²) in [5, 5.41) is 12.5. The molecule has 1 aromatic rings. The zero-order chi connectivity index (χ0) is 15.0. The zero-order valence-corrected chi connectivity index (χ0v) is 13.4. The molecule has 0 spiro atoms. The van der Waals surface area contributed by atoms with Gasteiger partial charge in [0.15, 0.2) is 0 Å². The second-order valence-electron chi connectivity index (χ2n) is 4.34. The number of anilines is 1. The highest BCUT2D eigenvalue weighted by Gasteiger charge is 2.14. The van der Waals surface area contributed by atoms with Gasteiger partial charge in [-0.2, -0.15) is 0 Å². The van der Waals surface area contributed by atoms with Gasteiger partial charge in [-0.1, -0.05) is 24.9 Å². The molecule has 0 bridgehead atoms. The molecule has 4 nitrogen and oxygen atoms in total. The van der Waals surface area contributed by atoms with Crippen LogP contribution in [-0.4, -0.2) is 42.0 Å². The number of carbonyl (C=O) groups excluding carboxylic acids is 1. The number of benzene rings is 1. The largest absolute Gasteiger partial charge is 0.395 e. The molecule has 0 aliphatic heterocycles. The average molecular weight is 317 g/mol. The summed E-state index contributed by atoms with van der Waals surface area (Å²) in [6, 6.07) is 5.21. The molecular formula is C14H21ClN2O2S. The molecule has 1 aromatic carbocycles. The van der Waals surface area contributed by atoms with Crippen molar-refractivity contribution in [2.45, 2.75) is 24.7 Å². The van der Waals surface area contributed by atoms with E-state index in [4.69, 9.17) is 16.7 Å². The first-order valence-corrected chi connectivity index (χ1v) is 8.23. The quantitative estimate of drug-likeness (QED) is 0.754. The number of carbonyl (C=O) groups is 1. The fraction of sp³-hybridized carbons (Fsp3) is 0.500. The van der Waals surface area contributed by atoms with Gasteiger partial charge in [0.1, 0.15) is 0 Å². The molecule has 2 N–H and O–H groups in total. The van der Waals surface area contributed by atoms with E-state index in [2.05, 4.69) is 12.2 Å². The molecular weight excluding hydrogens is 296 g/mol. The summed E-state index contributed by atoms with van der Waals surface area (Å²) in [6.07, 6.45) is 3.86. The zero-order valence-electron chi connectivity index (χ0n) is 11.9.